The van der Waals surface area contributed by atoms with E-state index in [0.717, 1.165) is 0 Å². The van der Waals surface area contributed by atoms with Crippen molar-refractivity contribution in [2.45, 2.75) is 0 Å². The number of rotatable bonds is 7. The largest absolute Gasteiger partial charge is 0.495 e. The van der Waals surface area contributed by atoms with Crippen LogP contribution in [0.1, 0.15) is 0 Å². The number of ether oxygens (including phenoxy) is 3. The van der Waals surface area contributed by atoms with Gasteiger partial charge in [0, 0.05) is 5.02 Å². The second kappa shape index (κ2) is 8.79. The number of hydrogen-bond donors (Lipinski definition) is 1. The summed E-state index contributed by atoms with van der Waals surface area (Å²) in [5.74, 6) is -0.180. The number of halogens is 1. The van der Waals surface area contributed by atoms with Gasteiger partial charge in [-0.25, -0.2) is 4.79 Å². The van der Waals surface area contributed by atoms with Crippen molar-refractivity contribution in [3.05, 3.63) is 53.6 Å². The summed E-state index contributed by atoms with van der Waals surface area (Å²) >= 11 is 5.81. The molecule has 0 aromatic heterocycles. The van der Waals surface area contributed by atoms with Crippen LogP contribution < -0.4 is 14.8 Å². The van der Waals surface area contributed by atoms with Crippen LogP contribution in [0.15, 0.2) is 48.5 Å². The van der Waals surface area contributed by atoms with E-state index in [1.165, 1.54) is 7.11 Å². The first kappa shape index (κ1) is 17.6. The molecule has 0 spiro atoms. The van der Waals surface area contributed by atoms with Crippen LogP contribution in [0, 0.1) is 0 Å². The zero-order valence-corrected chi connectivity index (χ0v) is 13.7. The van der Waals surface area contributed by atoms with Gasteiger partial charge < -0.3 is 19.5 Å². The van der Waals surface area contributed by atoms with Gasteiger partial charge in [0.05, 0.1) is 12.8 Å². The van der Waals surface area contributed by atoms with Crippen molar-refractivity contribution in [3.8, 4) is 11.5 Å². The van der Waals surface area contributed by atoms with E-state index in [4.69, 9.17) is 25.8 Å². The van der Waals surface area contributed by atoms with E-state index in [9.17, 15) is 9.59 Å². The summed E-state index contributed by atoms with van der Waals surface area (Å²) in [6.07, 6.45) is 0. The highest BCUT2D eigenvalue weighted by molar-refractivity contribution is 6.30. The summed E-state index contributed by atoms with van der Waals surface area (Å²) in [5.41, 5.74) is 0.497. The molecule has 0 aliphatic heterocycles. The Morgan fingerprint density at radius 3 is 2.62 bits per heavy atom. The third-order valence-corrected chi connectivity index (χ3v) is 3.13. The van der Waals surface area contributed by atoms with Crippen molar-refractivity contribution in [2.75, 3.05) is 25.6 Å². The van der Waals surface area contributed by atoms with Crippen LogP contribution in [0.2, 0.25) is 5.02 Å². The van der Waals surface area contributed by atoms with Gasteiger partial charge in [-0.2, -0.15) is 0 Å². The van der Waals surface area contributed by atoms with Gasteiger partial charge in [-0.05, 0) is 30.3 Å². The Labute approximate surface area is 144 Å². The topological polar surface area (TPSA) is 73.9 Å². The fourth-order valence-electron chi connectivity index (χ4n) is 1.82. The zero-order valence-electron chi connectivity index (χ0n) is 13.0. The molecule has 6 nitrogen and oxygen atoms in total. The Morgan fingerprint density at radius 2 is 1.88 bits per heavy atom. The van der Waals surface area contributed by atoms with Crippen molar-refractivity contribution >= 4 is 29.2 Å². The number of carbonyl (C=O) groups is 2. The van der Waals surface area contributed by atoms with E-state index >= 15 is 0 Å². The molecule has 0 atom stereocenters. The van der Waals surface area contributed by atoms with Crippen LogP contribution in [-0.4, -0.2) is 32.2 Å². The van der Waals surface area contributed by atoms with Crippen molar-refractivity contribution in [1.82, 2.24) is 0 Å². The van der Waals surface area contributed by atoms with Gasteiger partial charge in [0.2, 0.25) is 0 Å². The average Bonchev–Trinajstić information content (AvgIpc) is 2.58. The summed E-state index contributed by atoms with van der Waals surface area (Å²) < 4.78 is 15.2. The van der Waals surface area contributed by atoms with Crippen LogP contribution in [0.25, 0.3) is 0 Å². The zero-order chi connectivity index (χ0) is 17.4. The average molecular weight is 350 g/mol. The number of amides is 1. The molecule has 0 bridgehead atoms. The van der Waals surface area contributed by atoms with Gasteiger partial charge in [-0.15, -0.1) is 0 Å². The molecule has 0 aliphatic carbocycles. The molecule has 7 heteroatoms. The quantitative estimate of drug-likeness (QED) is 0.778. The molecule has 0 radical (unpaired) electrons. The lowest BCUT2D eigenvalue weighted by Gasteiger charge is -2.10. The molecule has 2 aromatic rings. The lowest BCUT2D eigenvalue weighted by molar-refractivity contribution is -0.149. The summed E-state index contributed by atoms with van der Waals surface area (Å²) in [7, 11) is 1.50. The van der Waals surface area contributed by atoms with E-state index in [0.29, 0.717) is 22.2 Å². The summed E-state index contributed by atoms with van der Waals surface area (Å²) in [4.78, 5) is 23.4. The fraction of sp³-hybridized carbons (Fsp3) is 0.176. The number of methoxy groups -OCH3 is 1. The number of para-hydroxylation sites is 2. The van der Waals surface area contributed by atoms with Crippen molar-refractivity contribution in [3.63, 3.8) is 0 Å². The standard InChI is InChI=1S/C17H16ClNO5/c1-22-15-8-3-2-7-14(15)19-16(20)10-24-17(21)11-23-13-6-4-5-12(18)9-13/h2-9H,10-11H2,1H3,(H,19,20). The summed E-state index contributed by atoms with van der Waals surface area (Å²) in [6.45, 7) is -0.738. The fourth-order valence-corrected chi connectivity index (χ4v) is 2.00. The number of hydrogen-bond acceptors (Lipinski definition) is 5. The third-order valence-electron chi connectivity index (χ3n) is 2.90. The number of benzene rings is 2. The predicted molar refractivity (Wildman–Crippen MR) is 89.5 cm³/mol. The van der Waals surface area contributed by atoms with Crippen LogP contribution in [0.4, 0.5) is 5.69 Å². The first-order valence-corrected chi connectivity index (χ1v) is 7.43. The minimum absolute atomic E-state index is 0.317. The first-order chi connectivity index (χ1) is 11.6. The van der Waals surface area contributed by atoms with Crippen molar-refractivity contribution < 1.29 is 23.8 Å². The SMILES string of the molecule is COc1ccccc1NC(=O)COC(=O)COc1cccc(Cl)c1. The molecule has 126 valence electrons. The highest BCUT2D eigenvalue weighted by Gasteiger charge is 2.11. The Balaban J connectivity index is 1.76. The van der Waals surface area contributed by atoms with E-state index < -0.39 is 18.5 Å². The maximum atomic E-state index is 11.8. The molecule has 1 N–H and O–H groups in total. The Hall–Kier alpha value is -2.73. The monoisotopic (exact) mass is 349 g/mol. The van der Waals surface area contributed by atoms with Gasteiger partial charge in [-0.3, -0.25) is 4.79 Å². The highest BCUT2D eigenvalue weighted by atomic mass is 35.5. The van der Waals surface area contributed by atoms with E-state index in [1.807, 2.05) is 0 Å². The van der Waals surface area contributed by atoms with Gasteiger partial charge >= 0.3 is 5.97 Å². The van der Waals surface area contributed by atoms with E-state index in [2.05, 4.69) is 5.32 Å². The number of anilines is 1. The minimum atomic E-state index is -0.662. The van der Waals surface area contributed by atoms with Crippen LogP contribution in [-0.2, 0) is 14.3 Å². The molecule has 0 saturated heterocycles. The molecule has 2 rings (SSSR count). The minimum Gasteiger partial charge on any atom is -0.495 e. The molecule has 24 heavy (non-hydrogen) atoms. The maximum Gasteiger partial charge on any atom is 0.344 e. The van der Waals surface area contributed by atoms with Crippen LogP contribution >= 0.6 is 11.6 Å². The highest BCUT2D eigenvalue weighted by Crippen LogP contribution is 2.22. The van der Waals surface area contributed by atoms with Gasteiger partial charge in [-0.1, -0.05) is 29.8 Å². The predicted octanol–water partition coefficient (Wildman–Crippen LogP) is 2.91. The molecule has 0 fully saturated rings. The number of nitrogens with one attached hydrogen (secondary N) is 1. The molecule has 2 aromatic carbocycles. The molecular formula is C17H16ClNO5. The van der Waals surface area contributed by atoms with Crippen LogP contribution in [0.5, 0.6) is 11.5 Å². The molecule has 0 heterocycles. The Kier molecular flexibility index (Phi) is 6.45. The third kappa shape index (κ3) is 5.48. The Bertz CT molecular complexity index is 720. The summed E-state index contributed by atoms with van der Waals surface area (Å²) in [5, 5.41) is 3.10. The van der Waals surface area contributed by atoms with Gasteiger partial charge in [0.15, 0.2) is 13.2 Å². The van der Waals surface area contributed by atoms with Crippen molar-refractivity contribution in [2.24, 2.45) is 0 Å². The Morgan fingerprint density at radius 1 is 1.08 bits per heavy atom. The lowest BCUT2D eigenvalue weighted by Crippen LogP contribution is -2.23. The van der Waals surface area contributed by atoms with E-state index in [1.54, 1.807) is 48.5 Å². The molecule has 0 unspecified atom stereocenters. The van der Waals surface area contributed by atoms with Crippen LogP contribution in [0.3, 0.4) is 0 Å². The van der Waals surface area contributed by atoms with E-state index in [-0.39, 0.29) is 6.61 Å². The lowest BCUT2D eigenvalue weighted by atomic mass is 10.3. The molecule has 0 saturated carbocycles. The molecule has 1 amide bonds. The number of esters is 1. The summed E-state index contributed by atoms with van der Waals surface area (Å²) in [6, 6.07) is 13.5. The van der Waals surface area contributed by atoms with Crippen molar-refractivity contribution in [1.29, 1.82) is 0 Å². The number of carbonyl (C=O) groups excluding carboxylic acids is 2. The smallest absolute Gasteiger partial charge is 0.344 e. The molecular weight excluding hydrogens is 334 g/mol. The second-order valence-corrected chi connectivity index (χ2v) is 5.09. The van der Waals surface area contributed by atoms with Gasteiger partial charge in [0.1, 0.15) is 11.5 Å². The normalized spacial score (nSPS) is 9.92. The molecule has 0 aliphatic rings. The first-order valence-electron chi connectivity index (χ1n) is 7.05. The maximum absolute atomic E-state index is 11.8. The van der Waals surface area contributed by atoms with Gasteiger partial charge in [0.25, 0.3) is 5.91 Å². The second-order valence-electron chi connectivity index (χ2n) is 4.66.